The van der Waals surface area contributed by atoms with Crippen molar-refractivity contribution in [2.75, 3.05) is 0 Å². The molecular weight excluding hydrogens is 184 g/mol. The minimum Gasteiger partial charge on any atom is -0.299 e. The molecule has 0 aromatic rings. The third-order valence-corrected chi connectivity index (χ3v) is 3.96. The second kappa shape index (κ2) is 7.03. The fourth-order valence-electron chi connectivity index (χ4n) is 2.63. The second-order valence-corrected chi connectivity index (χ2v) is 5.04. The SMILES string of the molecule is CCC(CC)CC(=O)C1CCCCCC1. The summed E-state index contributed by atoms with van der Waals surface area (Å²) in [6.07, 6.45) is 10.7. The lowest BCUT2D eigenvalue weighted by molar-refractivity contribution is -0.124. The maximum Gasteiger partial charge on any atom is 0.136 e. The summed E-state index contributed by atoms with van der Waals surface area (Å²) in [6.45, 7) is 4.41. The molecule has 88 valence electrons. The third-order valence-electron chi connectivity index (χ3n) is 3.96. The highest BCUT2D eigenvalue weighted by atomic mass is 16.1. The van der Waals surface area contributed by atoms with Gasteiger partial charge in [-0.05, 0) is 18.8 Å². The molecule has 15 heavy (non-hydrogen) atoms. The summed E-state index contributed by atoms with van der Waals surface area (Å²) >= 11 is 0. The second-order valence-electron chi connectivity index (χ2n) is 5.04. The Labute approximate surface area is 94.6 Å². The van der Waals surface area contributed by atoms with Gasteiger partial charge < -0.3 is 0 Å². The van der Waals surface area contributed by atoms with Gasteiger partial charge in [0.15, 0.2) is 0 Å². The van der Waals surface area contributed by atoms with Crippen LogP contribution in [0.5, 0.6) is 0 Å². The Bertz CT molecular complexity index is 174. The zero-order chi connectivity index (χ0) is 11.1. The van der Waals surface area contributed by atoms with E-state index in [1.165, 1.54) is 38.5 Å². The Morgan fingerprint density at radius 3 is 2.07 bits per heavy atom. The average molecular weight is 210 g/mol. The lowest BCUT2D eigenvalue weighted by Gasteiger charge is -2.16. The topological polar surface area (TPSA) is 17.1 Å². The van der Waals surface area contributed by atoms with Gasteiger partial charge in [0.25, 0.3) is 0 Å². The van der Waals surface area contributed by atoms with E-state index >= 15 is 0 Å². The number of rotatable bonds is 5. The van der Waals surface area contributed by atoms with E-state index in [4.69, 9.17) is 0 Å². The van der Waals surface area contributed by atoms with Crippen molar-refractivity contribution in [3.63, 3.8) is 0 Å². The molecular formula is C14H26O. The molecule has 0 radical (unpaired) electrons. The normalized spacial score (nSPS) is 19.1. The number of hydrogen-bond donors (Lipinski definition) is 0. The summed E-state index contributed by atoms with van der Waals surface area (Å²) in [6, 6.07) is 0. The van der Waals surface area contributed by atoms with Crippen molar-refractivity contribution in [2.24, 2.45) is 11.8 Å². The van der Waals surface area contributed by atoms with Crippen LogP contribution >= 0.6 is 0 Å². The van der Waals surface area contributed by atoms with E-state index in [9.17, 15) is 4.79 Å². The summed E-state index contributed by atoms with van der Waals surface area (Å²) in [5.74, 6) is 1.61. The highest BCUT2D eigenvalue weighted by Gasteiger charge is 2.21. The van der Waals surface area contributed by atoms with Crippen molar-refractivity contribution < 1.29 is 4.79 Å². The zero-order valence-corrected chi connectivity index (χ0v) is 10.4. The molecule has 0 unspecified atom stereocenters. The Morgan fingerprint density at radius 1 is 1.07 bits per heavy atom. The number of ketones is 1. The van der Waals surface area contributed by atoms with Crippen LogP contribution in [-0.2, 0) is 4.79 Å². The first kappa shape index (κ1) is 12.7. The van der Waals surface area contributed by atoms with Crippen LogP contribution < -0.4 is 0 Å². The lowest BCUT2D eigenvalue weighted by Crippen LogP contribution is -2.17. The average Bonchev–Trinajstić information content (AvgIpc) is 2.54. The van der Waals surface area contributed by atoms with Gasteiger partial charge in [0.05, 0.1) is 0 Å². The molecule has 1 nitrogen and oxygen atoms in total. The molecule has 1 heteroatoms. The Hall–Kier alpha value is -0.330. The quantitative estimate of drug-likeness (QED) is 0.616. The first-order valence-corrected chi connectivity index (χ1v) is 6.80. The molecule has 0 N–H and O–H groups in total. The molecule has 1 aliphatic carbocycles. The first-order chi connectivity index (χ1) is 7.27. The fraction of sp³-hybridized carbons (Fsp3) is 0.929. The van der Waals surface area contributed by atoms with Crippen molar-refractivity contribution in [2.45, 2.75) is 71.6 Å². The number of hydrogen-bond acceptors (Lipinski definition) is 1. The summed E-state index contributed by atoms with van der Waals surface area (Å²) in [5.41, 5.74) is 0. The summed E-state index contributed by atoms with van der Waals surface area (Å²) in [5, 5.41) is 0. The van der Waals surface area contributed by atoms with Crippen LogP contribution in [0.4, 0.5) is 0 Å². The lowest BCUT2D eigenvalue weighted by atomic mass is 9.87. The molecule has 1 rings (SSSR count). The standard InChI is InChI=1S/C14H26O/c1-3-12(4-2)11-14(15)13-9-7-5-6-8-10-13/h12-13H,3-11H2,1-2H3. The first-order valence-electron chi connectivity index (χ1n) is 6.80. The van der Waals surface area contributed by atoms with Crippen LogP contribution in [0.1, 0.15) is 71.6 Å². The summed E-state index contributed by atoms with van der Waals surface area (Å²) < 4.78 is 0. The van der Waals surface area contributed by atoms with Crippen LogP contribution in [0.25, 0.3) is 0 Å². The molecule has 1 saturated carbocycles. The third kappa shape index (κ3) is 4.36. The highest BCUT2D eigenvalue weighted by molar-refractivity contribution is 5.81. The van der Waals surface area contributed by atoms with E-state index in [1.807, 2.05) is 0 Å². The molecule has 0 bridgehead atoms. The van der Waals surface area contributed by atoms with Gasteiger partial charge in [0.2, 0.25) is 0 Å². The molecule has 0 amide bonds. The molecule has 0 aromatic carbocycles. The maximum atomic E-state index is 12.1. The Morgan fingerprint density at radius 2 is 1.60 bits per heavy atom. The van der Waals surface area contributed by atoms with Gasteiger partial charge >= 0.3 is 0 Å². The van der Waals surface area contributed by atoms with Crippen LogP contribution in [0.15, 0.2) is 0 Å². The monoisotopic (exact) mass is 210 g/mol. The van der Waals surface area contributed by atoms with Crippen LogP contribution in [-0.4, -0.2) is 5.78 Å². The maximum absolute atomic E-state index is 12.1. The zero-order valence-electron chi connectivity index (χ0n) is 10.4. The fourth-order valence-corrected chi connectivity index (χ4v) is 2.63. The van der Waals surface area contributed by atoms with Gasteiger partial charge in [-0.25, -0.2) is 0 Å². The molecule has 1 fully saturated rings. The molecule has 0 saturated heterocycles. The van der Waals surface area contributed by atoms with Crippen LogP contribution in [0.3, 0.4) is 0 Å². The van der Waals surface area contributed by atoms with Gasteiger partial charge in [-0.15, -0.1) is 0 Å². The number of Topliss-reactive ketones (excluding diaryl/α,β-unsaturated/α-hetero) is 1. The number of carbonyl (C=O) groups excluding carboxylic acids is 1. The van der Waals surface area contributed by atoms with Gasteiger partial charge in [0.1, 0.15) is 5.78 Å². The van der Waals surface area contributed by atoms with Gasteiger partial charge in [-0.1, -0.05) is 52.4 Å². The highest BCUT2D eigenvalue weighted by Crippen LogP contribution is 2.26. The number of carbonyl (C=O) groups is 1. The molecule has 0 atom stereocenters. The van der Waals surface area contributed by atoms with Crippen LogP contribution in [0, 0.1) is 11.8 Å². The minimum absolute atomic E-state index is 0.410. The largest absolute Gasteiger partial charge is 0.299 e. The van der Waals surface area contributed by atoms with Gasteiger partial charge in [0, 0.05) is 12.3 Å². The predicted octanol–water partition coefficient (Wildman–Crippen LogP) is 4.35. The van der Waals surface area contributed by atoms with E-state index in [1.54, 1.807) is 0 Å². The molecule has 0 aromatic heterocycles. The van der Waals surface area contributed by atoms with Crippen molar-refractivity contribution in [3.05, 3.63) is 0 Å². The molecule has 0 spiro atoms. The summed E-state index contributed by atoms with van der Waals surface area (Å²) in [4.78, 5) is 12.1. The van der Waals surface area contributed by atoms with Gasteiger partial charge in [-0.2, -0.15) is 0 Å². The Kier molecular flexibility index (Phi) is 5.97. The molecule has 1 aliphatic rings. The van der Waals surface area contributed by atoms with E-state index in [0.29, 0.717) is 17.6 Å². The van der Waals surface area contributed by atoms with Crippen LogP contribution in [0.2, 0.25) is 0 Å². The van der Waals surface area contributed by atoms with Crippen molar-refractivity contribution in [1.29, 1.82) is 0 Å². The Balaban J connectivity index is 2.36. The predicted molar refractivity (Wildman–Crippen MR) is 64.9 cm³/mol. The van der Waals surface area contributed by atoms with Gasteiger partial charge in [-0.3, -0.25) is 4.79 Å². The van der Waals surface area contributed by atoms with E-state index < -0.39 is 0 Å². The summed E-state index contributed by atoms with van der Waals surface area (Å²) in [7, 11) is 0. The molecule has 0 aliphatic heterocycles. The molecule has 0 heterocycles. The van der Waals surface area contributed by atoms with Crippen molar-refractivity contribution in [3.8, 4) is 0 Å². The minimum atomic E-state index is 0.410. The van der Waals surface area contributed by atoms with E-state index in [0.717, 1.165) is 19.3 Å². The smallest absolute Gasteiger partial charge is 0.136 e. The van der Waals surface area contributed by atoms with E-state index in [2.05, 4.69) is 13.8 Å². The van der Waals surface area contributed by atoms with E-state index in [-0.39, 0.29) is 0 Å². The van der Waals surface area contributed by atoms with Crippen molar-refractivity contribution in [1.82, 2.24) is 0 Å². The van der Waals surface area contributed by atoms with Crippen molar-refractivity contribution >= 4 is 5.78 Å².